The molecule has 4 aliphatic heterocycles. The summed E-state index contributed by atoms with van der Waals surface area (Å²) in [6, 6.07) is 130. The lowest BCUT2D eigenvalue weighted by molar-refractivity contribution is 0.468. The van der Waals surface area contributed by atoms with Gasteiger partial charge in [0.1, 0.15) is 46.0 Å². The van der Waals surface area contributed by atoms with Crippen molar-refractivity contribution in [1.29, 1.82) is 0 Å². The highest BCUT2D eigenvalue weighted by Gasteiger charge is 2.44. The molecule has 554 valence electrons. The highest BCUT2D eigenvalue weighted by atomic mass is 32.1. The molecule has 120 heavy (non-hydrogen) atoms. The van der Waals surface area contributed by atoms with Gasteiger partial charge >= 0.3 is 0 Å². The van der Waals surface area contributed by atoms with E-state index >= 15 is 0 Å². The molecule has 10 heterocycles. The largest absolute Gasteiger partial charge is 0.459 e. The Morgan fingerprint density at radius 1 is 0.250 bits per heavy atom. The van der Waals surface area contributed by atoms with Crippen LogP contribution in [0.15, 0.2) is 370 Å². The number of nitrogens with zero attached hydrogens (tertiary/aromatic N) is 7. The highest BCUT2D eigenvalue weighted by molar-refractivity contribution is 7.26. The van der Waals surface area contributed by atoms with Crippen LogP contribution >= 0.6 is 11.3 Å². The predicted octanol–water partition coefficient (Wildman–Crippen LogP) is 16.7. The monoisotopic (exact) mass is 1550 g/mol. The van der Waals surface area contributed by atoms with E-state index < -0.39 is 0 Å². The zero-order chi connectivity index (χ0) is 78.4. The van der Waals surface area contributed by atoms with Gasteiger partial charge in [0.2, 0.25) is 11.9 Å². The van der Waals surface area contributed by atoms with Crippen molar-refractivity contribution in [2.45, 2.75) is 0 Å². The Bertz CT molecular complexity index is 8090. The van der Waals surface area contributed by atoms with E-state index in [2.05, 4.69) is 366 Å². The first-order valence-electron chi connectivity index (χ1n) is 40.8. The molecule has 0 amide bonds. The molecule has 0 radical (unpaired) electrons. The molecule has 0 spiro atoms. The van der Waals surface area contributed by atoms with E-state index in [1.165, 1.54) is 26.4 Å². The summed E-state index contributed by atoms with van der Waals surface area (Å²) in [5.74, 6) is 8.86. The number of benzene rings is 16. The second-order valence-electron chi connectivity index (χ2n) is 31.7. The summed E-state index contributed by atoms with van der Waals surface area (Å²) in [7, 11) is 0. The van der Waals surface area contributed by atoms with Crippen LogP contribution < -0.4 is 84.5 Å². The third kappa shape index (κ3) is 10.0. The van der Waals surface area contributed by atoms with Gasteiger partial charge in [-0.3, -0.25) is 13.7 Å². The molecule has 0 unspecified atom stereocenters. The van der Waals surface area contributed by atoms with Gasteiger partial charge in [0.25, 0.3) is 26.9 Å². The van der Waals surface area contributed by atoms with E-state index in [0.717, 1.165) is 193 Å². The van der Waals surface area contributed by atoms with E-state index in [-0.39, 0.29) is 26.9 Å². The Kier molecular flexibility index (Phi) is 14.6. The van der Waals surface area contributed by atoms with Crippen LogP contribution in [0.5, 0.6) is 46.0 Å². The molecule has 0 bridgehead atoms. The molecular weight excluding hydrogens is 1490 g/mol. The van der Waals surface area contributed by atoms with Crippen LogP contribution in [0, 0.1) is 0 Å². The Hall–Kier alpha value is -15.2. The minimum absolute atomic E-state index is 0.0748. The summed E-state index contributed by atoms with van der Waals surface area (Å²) in [5.41, 5.74) is 22.0. The number of para-hydroxylation sites is 7. The summed E-state index contributed by atoms with van der Waals surface area (Å²) in [6.45, 7) is -0.700. The minimum atomic E-state index is -0.313. The number of aromatic nitrogens is 7. The van der Waals surface area contributed by atoms with Crippen molar-refractivity contribution < 1.29 is 18.9 Å². The van der Waals surface area contributed by atoms with Crippen molar-refractivity contribution >= 4 is 189 Å². The lowest BCUT2D eigenvalue weighted by atomic mass is 9.32. The molecule has 0 saturated carbocycles. The second kappa shape index (κ2) is 26.1. The third-order valence-corrected chi connectivity index (χ3v) is 26.5. The van der Waals surface area contributed by atoms with Crippen molar-refractivity contribution in [3.8, 4) is 86.2 Å². The van der Waals surface area contributed by atoms with Crippen LogP contribution in [-0.2, 0) is 0 Å². The van der Waals surface area contributed by atoms with Gasteiger partial charge in [-0.25, -0.2) is 4.98 Å². The fourth-order valence-electron chi connectivity index (χ4n) is 20.1. The Morgan fingerprint density at radius 3 is 1.31 bits per heavy atom. The molecule has 16 heteroatoms. The molecule has 0 saturated heterocycles. The van der Waals surface area contributed by atoms with Gasteiger partial charge in [0.15, 0.2) is 11.6 Å². The van der Waals surface area contributed by atoms with Gasteiger partial charge in [-0.15, -0.1) is 11.3 Å². The molecule has 0 fully saturated rings. The fraction of sp³-hybridized carbons (Fsp3) is 0. The van der Waals surface area contributed by atoms with E-state index in [1.54, 1.807) is 11.3 Å². The topological polar surface area (TPSA) is 103 Å². The molecule has 0 N–H and O–H groups in total. The third-order valence-electron chi connectivity index (χ3n) is 25.3. The van der Waals surface area contributed by atoms with E-state index in [4.69, 9.17) is 38.9 Å². The molecule has 26 rings (SSSR count). The zero-order valence-corrected chi connectivity index (χ0v) is 65.0. The van der Waals surface area contributed by atoms with Crippen LogP contribution in [0.2, 0.25) is 0 Å². The van der Waals surface area contributed by atoms with Crippen LogP contribution in [0.4, 0.5) is 0 Å². The smallest absolute Gasteiger partial charge is 0.255 e. The lowest BCUT2D eigenvalue weighted by Crippen LogP contribution is -2.60. The summed E-state index contributed by atoms with van der Waals surface area (Å²) < 4.78 is 37.4. The van der Waals surface area contributed by atoms with Crippen molar-refractivity contribution in [2.24, 2.45) is 0 Å². The van der Waals surface area contributed by atoms with Crippen molar-refractivity contribution in [3.05, 3.63) is 370 Å². The number of pyridine rings is 1. The maximum absolute atomic E-state index is 7.23. The summed E-state index contributed by atoms with van der Waals surface area (Å²) in [4.78, 5) is 22.4. The Balaban J connectivity index is 0.645. The van der Waals surface area contributed by atoms with E-state index in [9.17, 15) is 0 Å². The Labute approximate surface area is 693 Å². The first-order valence-corrected chi connectivity index (χ1v) is 41.6. The summed E-state index contributed by atoms with van der Waals surface area (Å²) in [6.07, 6.45) is 1.98. The van der Waals surface area contributed by atoms with Gasteiger partial charge in [-0.1, -0.05) is 295 Å². The van der Waals surface area contributed by atoms with Gasteiger partial charge in [-0.05, 0) is 135 Å². The van der Waals surface area contributed by atoms with Gasteiger partial charge < -0.3 is 18.9 Å². The maximum atomic E-state index is 7.23. The molecule has 0 atom stereocenters. The molecule has 16 aromatic carbocycles. The van der Waals surface area contributed by atoms with Crippen molar-refractivity contribution in [3.63, 3.8) is 0 Å². The Morgan fingerprint density at radius 2 is 0.692 bits per heavy atom. The molecule has 4 aliphatic rings. The lowest BCUT2D eigenvalue weighted by Gasteiger charge is -2.33. The molecule has 11 nitrogen and oxygen atoms in total. The number of hydrogen-bond acceptors (Lipinski definition) is 9. The molecule has 6 aromatic heterocycles. The first-order chi connectivity index (χ1) is 59.5. The van der Waals surface area contributed by atoms with E-state index in [0.29, 0.717) is 17.7 Å². The number of fused-ring (bicyclic) bond motifs is 22. The first kappa shape index (κ1) is 67.0. The standard InChI is InChI=1S/C104H61B4N7O4S/c1-3-25-65(26-4-1)105-77-34-11-20-43-91(77)118-98-81(105)50-54-94-97(98)108(80-37-14-19-42-90(80)117-94)67-29-23-24-64(58-67)101-110-103(114-83-38-15-7-30-69(83)70-31-8-16-39-84(70)114)112-104(111-101)115-85-40-17-9-32-71(85)75-59-62(47-52-87(75)115)63-46-49-72-76-61-68(48-53-86(76)113(88(72)60-63)102-100-74(56-57-109-102)73-33-10-22-45-95(73)120-100)106-78-35-12-21-44-92(78)119-99-82(106)51-55-93-96(99)107(66-27-5-2-6-28-66)79-36-13-18-41-89(79)116-93/h1-61H. The predicted molar refractivity (Wildman–Crippen MR) is 495 cm³/mol. The van der Waals surface area contributed by atoms with Crippen molar-refractivity contribution in [2.75, 3.05) is 0 Å². The summed E-state index contributed by atoms with van der Waals surface area (Å²) in [5, 5.41) is 8.94. The van der Waals surface area contributed by atoms with Crippen LogP contribution in [0.25, 0.3) is 126 Å². The average molecular weight is 1550 g/mol. The maximum Gasteiger partial charge on any atom is 0.255 e. The highest BCUT2D eigenvalue weighted by Crippen LogP contribution is 2.44. The van der Waals surface area contributed by atoms with Gasteiger partial charge in [0, 0.05) is 70.5 Å². The number of thiophene rings is 1. The quantitative estimate of drug-likeness (QED) is 0.132. The van der Waals surface area contributed by atoms with Gasteiger partial charge in [0.05, 0.1) is 37.8 Å². The van der Waals surface area contributed by atoms with Crippen molar-refractivity contribution in [1.82, 2.24) is 33.6 Å². The fourth-order valence-corrected chi connectivity index (χ4v) is 21.3. The van der Waals surface area contributed by atoms with Gasteiger partial charge in [-0.2, -0.15) is 15.0 Å². The zero-order valence-electron chi connectivity index (χ0n) is 64.2. The number of ether oxygens (including phenoxy) is 4. The SMILES string of the molecule is c1ccc(B2c3ccccc3Oc3c2ccc2c3B(c3cccc(-c4nc(-n5c6ccccc6c6ccccc65)nc(-n5c6ccccc6c6cc(-c7ccc8c9cc(B%10c%11ccccc%11Oc%11c%10ccc%10c%11B(c%11ccccc%11)c%11ccccc%11O%10)ccc9n(-c9nccc%10c9sc9ccccc9%10)c8c7)ccc65)n4)c3)c3ccccc3O2)cc1. The number of hydrogen-bond donors (Lipinski definition) is 0. The van der Waals surface area contributed by atoms with E-state index in [1.807, 2.05) is 18.3 Å². The molecule has 22 aromatic rings. The average Bonchev–Trinajstić information content (AvgIpc) is 1.11. The van der Waals surface area contributed by atoms with Crippen LogP contribution in [0.1, 0.15) is 0 Å². The molecular formula is C104H61B4N7O4S. The number of rotatable bonds is 9. The normalized spacial score (nSPS) is 13.0. The second-order valence-corrected chi connectivity index (χ2v) is 32.7. The van der Waals surface area contributed by atoms with Crippen LogP contribution in [-0.4, -0.2) is 60.5 Å². The molecule has 0 aliphatic carbocycles. The van der Waals surface area contributed by atoms with Crippen LogP contribution in [0.3, 0.4) is 0 Å². The minimum Gasteiger partial charge on any atom is -0.459 e. The summed E-state index contributed by atoms with van der Waals surface area (Å²) >= 11 is 1.79.